The van der Waals surface area contributed by atoms with Crippen molar-refractivity contribution in [3.05, 3.63) is 12.2 Å². The number of hydrogen-bond donors (Lipinski definition) is 0. The molecule has 0 fully saturated rings. The van der Waals surface area contributed by atoms with Crippen LogP contribution in [0.25, 0.3) is 0 Å². The summed E-state index contributed by atoms with van der Waals surface area (Å²) in [7, 11) is 0.732. The smallest absolute Gasteiger partial charge is 0.460 e. The summed E-state index contributed by atoms with van der Waals surface area (Å²) in [5, 5.41) is 0. The fourth-order valence-electron chi connectivity index (χ4n) is 1.91. The topological polar surface area (TPSA) is 69.7 Å². The molecule has 0 aliphatic carbocycles. The minimum atomic E-state index is -8.80. The van der Waals surface area contributed by atoms with Crippen LogP contribution in [0, 0.1) is 0 Å². The fourth-order valence-corrected chi connectivity index (χ4v) is 2.13. The number of halogens is 17. The van der Waals surface area contributed by atoms with Crippen LogP contribution in [0.4, 0.5) is 74.6 Å². The number of esters is 1. The van der Waals surface area contributed by atoms with E-state index in [0.29, 0.717) is 0 Å². The lowest BCUT2D eigenvalue weighted by molar-refractivity contribution is -0.460. The third-order valence-electron chi connectivity index (χ3n) is 4.24. The number of rotatable bonds is 12. The average molecular weight is 610 g/mol. The van der Waals surface area contributed by atoms with Gasteiger partial charge in [-0.05, 0) is 7.05 Å². The van der Waals surface area contributed by atoms with Crippen molar-refractivity contribution in [1.82, 2.24) is 4.31 Å². The van der Waals surface area contributed by atoms with Gasteiger partial charge in [0.1, 0.15) is 12.2 Å². The van der Waals surface area contributed by atoms with Crippen molar-refractivity contribution in [2.45, 2.75) is 47.6 Å². The van der Waals surface area contributed by atoms with Crippen molar-refractivity contribution in [2.75, 3.05) is 20.2 Å². The molecular weight excluding hydrogens is 601 g/mol. The summed E-state index contributed by atoms with van der Waals surface area (Å²) in [6, 6.07) is 0. The molecule has 0 aliphatic rings. The molecule has 0 rings (SSSR count). The van der Waals surface area contributed by atoms with E-state index in [1.807, 2.05) is 0 Å². The second-order valence-electron chi connectivity index (χ2n) is 6.70. The molecule has 0 aromatic rings. The van der Waals surface area contributed by atoms with Crippen LogP contribution in [0.1, 0.15) is 0 Å². The van der Waals surface area contributed by atoms with Crippen molar-refractivity contribution >= 4 is 17.2 Å². The van der Waals surface area contributed by atoms with Gasteiger partial charge in [-0.2, -0.15) is 74.6 Å². The maximum absolute atomic E-state index is 13.9. The second-order valence-corrected chi connectivity index (χ2v) is 7.76. The zero-order valence-electron chi connectivity index (χ0n) is 17.0. The highest BCUT2D eigenvalue weighted by atomic mass is 32.2. The average Bonchev–Trinajstić information content (AvgIpc) is 2.70. The summed E-state index contributed by atoms with van der Waals surface area (Å²) >= 11 is -3.05. The van der Waals surface area contributed by atoms with Gasteiger partial charge in [-0.25, -0.2) is 9.10 Å². The highest BCUT2D eigenvalue weighted by Gasteiger charge is 2.95. The van der Waals surface area contributed by atoms with Gasteiger partial charge in [0.05, 0.1) is 0 Å². The van der Waals surface area contributed by atoms with Crippen LogP contribution in [0.15, 0.2) is 12.2 Å². The zero-order valence-corrected chi connectivity index (χ0v) is 17.9. The van der Waals surface area contributed by atoms with Gasteiger partial charge < -0.3 is 9.29 Å². The van der Waals surface area contributed by atoms with Crippen LogP contribution in [-0.4, -0.2) is 86.9 Å². The predicted octanol–water partition coefficient (Wildman–Crippen LogP) is 4.82. The van der Waals surface area contributed by atoms with E-state index >= 15 is 0 Å². The van der Waals surface area contributed by atoms with Crippen molar-refractivity contribution in [3.8, 4) is 0 Å². The van der Waals surface area contributed by atoms with E-state index < -0.39 is 83.6 Å². The lowest BCUT2D eigenvalue weighted by Crippen LogP contribution is -2.74. The van der Waals surface area contributed by atoms with Crippen molar-refractivity contribution in [1.29, 1.82) is 0 Å². The summed E-state index contributed by atoms with van der Waals surface area (Å²) in [6.07, 6.45) is -7.87. The molecule has 0 bridgehead atoms. The molecule has 0 aromatic carbocycles. The predicted molar refractivity (Wildman–Crippen MR) is 82.3 cm³/mol. The molecule has 0 amide bonds. The van der Waals surface area contributed by atoms with Gasteiger partial charge >= 0.3 is 53.6 Å². The molecule has 1 unspecified atom stereocenters. The first-order chi connectivity index (χ1) is 15.9. The summed E-state index contributed by atoms with van der Waals surface area (Å²) in [6.45, 7) is -0.503. The van der Waals surface area contributed by atoms with Gasteiger partial charge in [0.25, 0.3) is 0 Å². The first-order valence-corrected chi connectivity index (χ1v) is 9.32. The molecule has 1 atom stereocenters. The lowest BCUT2D eigenvalue weighted by atomic mass is 9.87. The Kier molecular flexibility index (Phi) is 9.49. The first-order valence-electron chi connectivity index (χ1n) is 8.29. The Morgan fingerprint density at radius 2 is 1.05 bits per heavy atom. The van der Waals surface area contributed by atoms with Crippen molar-refractivity contribution in [2.24, 2.45) is 0 Å². The van der Waals surface area contributed by atoms with Crippen LogP contribution in [0.5, 0.6) is 0 Å². The standard InChI is InChI=1S/C14H10F17NO4S/c1-5(6(33)36-4-3-32(2)37(34)35)7(15,16)8(17,18)9(19,20)10(21,22)11(23,24)12(25,26)13(27,28)14(29,30)31/h1,3-4H2,2H3,(H,34,35)/p-1. The lowest BCUT2D eigenvalue weighted by Gasteiger charge is -2.42. The number of nitrogens with zero attached hydrogens (tertiary/aromatic N) is 1. The normalized spacial score (nSPS) is 16.1. The van der Waals surface area contributed by atoms with Gasteiger partial charge in [-0.3, -0.25) is 4.21 Å². The molecule has 23 heteroatoms. The third kappa shape index (κ3) is 5.34. The number of hydrogen-bond acceptors (Lipinski definition) is 4. The fraction of sp³-hybridized carbons (Fsp3) is 0.786. The Morgan fingerprint density at radius 3 is 1.38 bits per heavy atom. The molecule has 0 saturated heterocycles. The molecule has 0 radical (unpaired) electrons. The Hall–Kier alpha value is -1.91. The summed E-state index contributed by atoms with van der Waals surface area (Å²) in [5.41, 5.74) is -3.26. The monoisotopic (exact) mass is 610 g/mol. The highest BCUT2D eigenvalue weighted by molar-refractivity contribution is 7.76. The molecule has 0 N–H and O–H groups in total. The summed E-state index contributed by atoms with van der Waals surface area (Å²) in [5.74, 6) is -61.3. The third-order valence-corrected chi connectivity index (χ3v) is 4.93. The van der Waals surface area contributed by atoms with E-state index in [9.17, 15) is 88.2 Å². The summed E-state index contributed by atoms with van der Waals surface area (Å²) < 4.78 is 249. The largest absolute Gasteiger partial charge is 0.760 e. The summed E-state index contributed by atoms with van der Waals surface area (Å²) in [4.78, 5) is 11.3. The highest BCUT2D eigenvalue weighted by Crippen LogP contribution is 2.64. The van der Waals surface area contributed by atoms with Gasteiger partial charge in [-0.1, -0.05) is 6.58 Å². The first kappa shape index (κ1) is 35.1. The molecule has 5 nitrogen and oxygen atoms in total. The molecular formula is C14H9F17NO4S-. The van der Waals surface area contributed by atoms with Gasteiger partial charge in [0, 0.05) is 17.8 Å². The molecule has 0 aromatic heterocycles. The minimum Gasteiger partial charge on any atom is -0.760 e. The maximum atomic E-state index is 13.9. The number of carbonyl (C=O) groups is 1. The quantitative estimate of drug-likeness (QED) is 0.138. The van der Waals surface area contributed by atoms with E-state index in [1.54, 1.807) is 6.58 Å². The van der Waals surface area contributed by atoms with Crippen LogP contribution in [0.2, 0.25) is 0 Å². The number of alkyl halides is 17. The van der Waals surface area contributed by atoms with Crippen LogP contribution in [0.3, 0.4) is 0 Å². The van der Waals surface area contributed by atoms with Gasteiger partial charge in [0.15, 0.2) is 0 Å². The number of carbonyl (C=O) groups excluding carboxylic acids is 1. The van der Waals surface area contributed by atoms with E-state index in [2.05, 4.69) is 4.74 Å². The maximum Gasteiger partial charge on any atom is 0.460 e. The molecule has 0 saturated carbocycles. The van der Waals surface area contributed by atoms with E-state index in [-0.39, 0.29) is 4.31 Å². The van der Waals surface area contributed by atoms with Crippen molar-refractivity contribution in [3.63, 3.8) is 0 Å². The van der Waals surface area contributed by atoms with Gasteiger partial charge in [0.2, 0.25) is 0 Å². The van der Waals surface area contributed by atoms with Crippen LogP contribution < -0.4 is 0 Å². The Bertz CT molecular complexity index is 901. The molecule has 220 valence electrons. The number of likely N-dealkylation sites (N-methyl/N-ethyl adjacent to an activating group) is 1. The van der Waals surface area contributed by atoms with E-state index in [4.69, 9.17) is 0 Å². The van der Waals surface area contributed by atoms with Crippen LogP contribution >= 0.6 is 0 Å². The minimum absolute atomic E-state index is 0.247. The van der Waals surface area contributed by atoms with Crippen molar-refractivity contribution < 1.29 is 92.9 Å². The molecule has 0 heterocycles. The van der Waals surface area contributed by atoms with E-state index in [1.165, 1.54) is 0 Å². The molecule has 0 aliphatic heterocycles. The van der Waals surface area contributed by atoms with Gasteiger partial charge in [-0.15, -0.1) is 0 Å². The Morgan fingerprint density at radius 1 is 0.730 bits per heavy atom. The Balaban J connectivity index is 6.42. The van der Waals surface area contributed by atoms with E-state index in [0.717, 1.165) is 7.05 Å². The SMILES string of the molecule is C=C(C(=O)OCCN(C)S(=O)[O-])C(F)(F)C(F)(F)C(F)(F)C(F)(F)C(F)(F)C(F)(F)C(F)(F)C(F)(F)F. The second kappa shape index (κ2) is 10.0. The zero-order chi connectivity index (χ0) is 30.4. The van der Waals surface area contributed by atoms with Crippen LogP contribution in [-0.2, 0) is 20.8 Å². The molecule has 37 heavy (non-hydrogen) atoms. The Labute approximate surface area is 195 Å². The number of ether oxygens (including phenoxy) is 1. The molecule has 0 spiro atoms.